The molecule has 0 aromatic carbocycles. The van der Waals surface area contributed by atoms with E-state index in [9.17, 15) is 4.79 Å². The summed E-state index contributed by atoms with van der Waals surface area (Å²) in [6.07, 6.45) is 13.6. The third kappa shape index (κ3) is 6.50. The number of carbonyl (C=O) groups is 1. The van der Waals surface area contributed by atoms with Crippen molar-refractivity contribution in [1.82, 2.24) is 5.32 Å². The quantitative estimate of drug-likeness (QED) is 0.504. The number of amides is 1. The fourth-order valence-electron chi connectivity index (χ4n) is 2.39. The summed E-state index contributed by atoms with van der Waals surface area (Å²) in [7, 11) is 0. The van der Waals surface area contributed by atoms with Gasteiger partial charge in [0, 0.05) is 12.5 Å². The number of rotatable bonds is 8. The molecular weight excluding hydrogens is 210 g/mol. The van der Waals surface area contributed by atoms with Gasteiger partial charge in [-0.3, -0.25) is 4.79 Å². The van der Waals surface area contributed by atoms with Crippen molar-refractivity contribution >= 4 is 5.91 Å². The largest absolute Gasteiger partial charge is 0.354 e. The van der Waals surface area contributed by atoms with Crippen LogP contribution in [0.2, 0.25) is 0 Å². The molecule has 2 atom stereocenters. The summed E-state index contributed by atoms with van der Waals surface area (Å²) in [6, 6.07) is 0.338. The zero-order valence-electron chi connectivity index (χ0n) is 11.4. The molecule has 1 aliphatic rings. The molecule has 98 valence electrons. The summed E-state index contributed by atoms with van der Waals surface area (Å²) in [5.41, 5.74) is 0. The summed E-state index contributed by atoms with van der Waals surface area (Å²) in [4.78, 5) is 11.8. The maximum absolute atomic E-state index is 11.8. The highest BCUT2D eigenvalue weighted by molar-refractivity contribution is 5.76. The lowest BCUT2D eigenvalue weighted by Gasteiger charge is -2.15. The Kier molecular flexibility index (Phi) is 6.99. The van der Waals surface area contributed by atoms with Crippen LogP contribution in [0.25, 0.3) is 0 Å². The van der Waals surface area contributed by atoms with E-state index in [0.717, 1.165) is 19.3 Å². The molecule has 2 nitrogen and oxygen atoms in total. The Labute approximate surface area is 106 Å². The van der Waals surface area contributed by atoms with Crippen LogP contribution in [0.3, 0.4) is 0 Å². The molecule has 0 saturated carbocycles. The minimum Gasteiger partial charge on any atom is -0.354 e. The fraction of sp³-hybridized carbons (Fsp3) is 0.800. The topological polar surface area (TPSA) is 29.1 Å². The molecule has 0 saturated heterocycles. The summed E-state index contributed by atoms with van der Waals surface area (Å²) >= 11 is 0. The number of allylic oxidation sites excluding steroid dienone is 2. The Morgan fingerprint density at radius 2 is 2.24 bits per heavy atom. The molecule has 17 heavy (non-hydrogen) atoms. The van der Waals surface area contributed by atoms with Gasteiger partial charge in [-0.15, -0.1) is 0 Å². The molecule has 1 amide bonds. The van der Waals surface area contributed by atoms with Gasteiger partial charge in [-0.05, 0) is 32.1 Å². The van der Waals surface area contributed by atoms with Gasteiger partial charge >= 0.3 is 0 Å². The number of nitrogens with one attached hydrogen (secondary N) is 1. The van der Waals surface area contributed by atoms with E-state index in [1.54, 1.807) is 0 Å². The lowest BCUT2D eigenvalue weighted by atomic mass is 10.0. The second-order valence-electron chi connectivity index (χ2n) is 5.29. The van der Waals surface area contributed by atoms with Gasteiger partial charge in [0.1, 0.15) is 0 Å². The smallest absolute Gasteiger partial charge is 0.220 e. The summed E-state index contributed by atoms with van der Waals surface area (Å²) in [5, 5.41) is 3.11. The summed E-state index contributed by atoms with van der Waals surface area (Å²) in [6.45, 7) is 4.34. The third-order valence-corrected chi connectivity index (χ3v) is 3.46. The number of hydrogen-bond acceptors (Lipinski definition) is 1. The van der Waals surface area contributed by atoms with Gasteiger partial charge in [-0.2, -0.15) is 0 Å². The first kappa shape index (κ1) is 14.3. The van der Waals surface area contributed by atoms with Crippen LogP contribution in [0.15, 0.2) is 12.2 Å². The van der Waals surface area contributed by atoms with Gasteiger partial charge in [-0.1, -0.05) is 44.8 Å². The van der Waals surface area contributed by atoms with Crippen molar-refractivity contribution in [3.8, 4) is 0 Å². The average Bonchev–Trinajstić information content (AvgIpc) is 2.77. The van der Waals surface area contributed by atoms with E-state index in [2.05, 4.69) is 31.3 Å². The lowest BCUT2D eigenvalue weighted by molar-refractivity contribution is -0.122. The summed E-state index contributed by atoms with van der Waals surface area (Å²) in [5.74, 6) is 0.715. The Morgan fingerprint density at radius 1 is 1.41 bits per heavy atom. The molecule has 0 aromatic heterocycles. The van der Waals surface area contributed by atoms with Crippen LogP contribution in [0, 0.1) is 5.92 Å². The van der Waals surface area contributed by atoms with Crippen molar-refractivity contribution in [1.29, 1.82) is 0 Å². The van der Waals surface area contributed by atoms with E-state index in [0.29, 0.717) is 18.4 Å². The average molecular weight is 237 g/mol. The summed E-state index contributed by atoms with van der Waals surface area (Å²) < 4.78 is 0. The molecule has 1 rings (SSSR count). The molecule has 0 bridgehead atoms. The molecule has 2 unspecified atom stereocenters. The molecule has 2 heteroatoms. The van der Waals surface area contributed by atoms with E-state index in [4.69, 9.17) is 0 Å². The van der Waals surface area contributed by atoms with Gasteiger partial charge in [0.25, 0.3) is 0 Å². The third-order valence-electron chi connectivity index (χ3n) is 3.46. The van der Waals surface area contributed by atoms with E-state index in [-0.39, 0.29) is 5.91 Å². The normalized spacial score (nSPS) is 20.5. The monoisotopic (exact) mass is 237 g/mol. The first-order valence-electron chi connectivity index (χ1n) is 7.18. The molecule has 0 radical (unpaired) electrons. The van der Waals surface area contributed by atoms with Crippen LogP contribution in [0.1, 0.15) is 65.2 Å². The van der Waals surface area contributed by atoms with Crippen LogP contribution >= 0.6 is 0 Å². The number of carbonyl (C=O) groups excluding carboxylic acids is 1. The van der Waals surface area contributed by atoms with E-state index in [1.807, 2.05) is 0 Å². The molecule has 1 aliphatic carbocycles. The molecule has 0 aliphatic heterocycles. The second kappa shape index (κ2) is 8.32. The number of unbranched alkanes of at least 4 members (excludes halogenated alkanes) is 3. The van der Waals surface area contributed by atoms with Crippen LogP contribution in [0.5, 0.6) is 0 Å². The maximum Gasteiger partial charge on any atom is 0.220 e. The standard InChI is InChI=1S/C15H27NO/c1-3-4-5-6-9-13(2)16-15(17)12-14-10-7-8-11-14/h7,10,13-14H,3-6,8-9,11-12H2,1-2H3,(H,16,17). The van der Waals surface area contributed by atoms with Gasteiger partial charge in [0.05, 0.1) is 0 Å². The Balaban J connectivity index is 2.06. The lowest BCUT2D eigenvalue weighted by Crippen LogP contribution is -2.33. The van der Waals surface area contributed by atoms with Crippen molar-refractivity contribution < 1.29 is 4.79 Å². The zero-order chi connectivity index (χ0) is 12.5. The van der Waals surface area contributed by atoms with E-state index < -0.39 is 0 Å². The predicted octanol–water partition coefficient (Wildman–Crippen LogP) is 3.82. The van der Waals surface area contributed by atoms with Crippen LogP contribution in [-0.4, -0.2) is 11.9 Å². The Hall–Kier alpha value is -0.790. The highest BCUT2D eigenvalue weighted by Crippen LogP contribution is 2.20. The fourth-order valence-corrected chi connectivity index (χ4v) is 2.39. The zero-order valence-corrected chi connectivity index (χ0v) is 11.4. The van der Waals surface area contributed by atoms with Crippen molar-refractivity contribution in [2.75, 3.05) is 0 Å². The Bertz CT molecular complexity index is 247. The minimum absolute atomic E-state index is 0.226. The van der Waals surface area contributed by atoms with Crippen molar-refractivity contribution in [2.45, 2.75) is 71.3 Å². The number of hydrogen-bond donors (Lipinski definition) is 1. The van der Waals surface area contributed by atoms with Gasteiger partial charge in [-0.25, -0.2) is 0 Å². The first-order valence-corrected chi connectivity index (χ1v) is 7.18. The molecule has 0 spiro atoms. The van der Waals surface area contributed by atoms with Crippen LogP contribution in [-0.2, 0) is 4.79 Å². The first-order chi connectivity index (χ1) is 8.22. The van der Waals surface area contributed by atoms with Crippen molar-refractivity contribution in [3.05, 3.63) is 12.2 Å². The SMILES string of the molecule is CCCCCCC(C)NC(=O)CC1C=CCC1. The maximum atomic E-state index is 11.8. The van der Waals surface area contributed by atoms with Crippen molar-refractivity contribution in [2.24, 2.45) is 5.92 Å². The van der Waals surface area contributed by atoms with Crippen molar-refractivity contribution in [3.63, 3.8) is 0 Å². The van der Waals surface area contributed by atoms with Gasteiger partial charge in [0.2, 0.25) is 5.91 Å². The van der Waals surface area contributed by atoms with Gasteiger partial charge < -0.3 is 5.32 Å². The molecule has 0 fully saturated rings. The second-order valence-corrected chi connectivity index (χ2v) is 5.29. The highest BCUT2D eigenvalue weighted by atomic mass is 16.1. The molecular formula is C15H27NO. The van der Waals surface area contributed by atoms with Crippen LogP contribution in [0.4, 0.5) is 0 Å². The highest BCUT2D eigenvalue weighted by Gasteiger charge is 2.15. The van der Waals surface area contributed by atoms with Crippen LogP contribution < -0.4 is 5.32 Å². The van der Waals surface area contributed by atoms with E-state index >= 15 is 0 Å². The predicted molar refractivity (Wildman–Crippen MR) is 72.8 cm³/mol. The minimum atomic E-state index is 0.226. The molecule has 0 aromatic rings. The van der Waals surface area contributed by atoms with E-state index in [1.165, 1.54) is 25.7 Å². The molecule has 1 N–H and O–H groups in total. The Morgan fingerprint density at radius 3 is 2.88 bits per heavy atom. The van der Waals surface area contributed by atoms with Gasteiger partial charge in [0.15, 0.2) is 0 Å². The molecule has 0 heterocycles.